The molecule has 0 radical (unpaired) electrons. The van der Waals surface area contributed by atoms with Gasteiger partial charge in [-0.25, -0.2) is 33.5 Å². The van der Waals surface area contributed by atoms with Crippen molar-refractivity contribution in [2.45, 2.75) is 111 Å². The predicted molar refractivity (Wildman–Crippen MR) is 311 cm³/mol. The lowest BCUT2D eigenvalue weighted by atomic mass is 10.0. The number of hydrogen-bond donors (Lipinski definition) is 12. The zero-order valence-corrected chi connectivity index (χ0v) is 50.4. The third-order valence-corrected chi connectivity index (χ3v) is 12.7. The molecule has 0 bridgehead atoms. The summed E-state index contributed by atoms with van der Waals surface area (Å²) in [4.78, 5) is 152. The third-order valence-electron chi connectivity index (χ3n) is 11.7. The Morgan fingerprint density at radius 3 is 1.38 bits per heavy atom. The predicted octanol–water partition coefficient (Wildman–Crippen LogP) is 0.402. The highest BCUT2D eigenvalue weighted by atomic mass is 32.2. The molecule has 490 valence electrons. The van der Waals surface area contributed by atoms with Crippen LogP contribution in [0.1, 0.15) is 81.1 Å². The number of alkyl carbamates (subject to hydrolysis) is 2. The van der Waals surface area contributed by atoms with Gasteiger partial charge in [-0.2, -0.15) is 13.1 Å². The summed E-state index contributed by atoms with van der Waals surface area (Å²) >= 11 is 0. The first kappa shape index (κ1) is 71.2. The van der Waals surface area contributed by atoms with E-state index in [4.69, 9.17) is 37.9 Å². The fourth-order valence-electron chi connectivity index (χ4n) is 7.36. The minimum atomic E-state index is -4.31. The van der Waals surface area contributed by atoms with Gasteiger partial charge in [-0.15, -0.1) is 0 Å². The van der Waals surface area contributed by atoms with Gasteiger partial charge in [0.25, 0.3) is 12.9 Å². The van der Waals surface area contributed by atoms with E-state index in [-0.39, 0.29) is 83.1 Å². The van der Waals surface area contributed by atoms with Crippen molar-refractivity contribution in [2.75, 3.05) is 76.4 Å². The Bertz CT molecular complexity index is 2680. The van der Waals surface area contributed by atoms with E-state index in [9.17, 15) is 66.0 Å². The zero-order valence-electron chi connectivity index (χ0n) is 51.6. The van der Waals surface area contributed by atoms with Crippen LogP contribution in [0, 0.1) is 11.8 Å². The van der Waals surface area contributed by atoms with Crippen LogP contribution in [0.4, 0.5) is 40.1 Å². The topological polar surface area (TPSA) is 479 Å². The van der Waals surface area contributed by atoms with Crippen LogP contribution in [0.3, 0.4) is 0 Å². The van der Waals surface area contributed by atoms with Crippen molar-refractivity contribution in [1.82, 2.24) is 46.2 Å². The molecule has 34 nitrogen and oxygen atoms in total. The number of anilines is 2. The van der Waals surface area contributed by atoms with E-state index >= 15 is 0 Å². The Hall–Kier alpha value is -9.25. The molecule has 0 spiro atoms. The number of nitrogens with two attached hydrogens (primary N) is 2. The van der Waals surface area contributed by atoms with Crippen LogP contribution >= 0.6 is 0 Å². The van der Waals surface area contributed by atoms with Crippen molar-refractivity contribution >= 4 is 94.5 Å². The number of amides is 12. The normalized spacial score (nSPS) is 12.6. The van der Waals surface area contributed by atoms with Crippen molar-refractivity contribution in [3.8, 4) is 0 Å². The van der Waals surface area contributed by atoms with E-state index in [1.165, 1.54) is 62.4 Å². The number of nitrogens with one attached hydrogen (secondary N) is 10. The molecule has 2 rings (SSSR count). The van der Waals surface area contributed by atoms with Crippen molar-refractivity contribution in [1.29, 1.82) is 0 Å². The monoisotopic (exact) mass is 1270 g/mol. The summed E-state index contributed by atoms with van der Waals surface area (Å²) in [5.74, 6) is -4.22. The van der Waals surface area contributed by atoms with Crippen molar-refractivity contribution in [3.05, 3.63) is 59.7 Å². The molecule has 0 fully saturated rings. The molecule has 2 aromatic rings. The fourth-order valence-corrected chi connectivity index (χ4v) is 8.05. The third kappa shape index (κ3) is 32.3. The summed E-state index contributed by atoms with van der Waals surface area (Å²) in [5, 5.41) is 20.2. The number of primary amides is 2. The maximum atomic E-state index is 13.8. The molecule has 12 amide bonds. The van der Waals surface area contributed by atoms with Gasteiger partial charge in [0.1, 0.15) is 57.2 Å². The Morgan fingerprint density at radius 2 is 0.989 bits per heavy atom. The molecule has 35 heteroatoms. The average Bonchev–Trinajstić information content (AvgIpc) is 1.61. The van der Waals surface area contributed by atoms with E-state index in [1.807, 2.05) is 0 Å². The van der Waals surface area contributed by atoms with Crippen LogP contribution in [0.2, 0.25) is 0 Å². The summed E-state index contributed by atoms with van der Waals surface area (Å²) in [5.41, 5.74) is 12.0. The lowest BCUT2D eigenvalue weighted by Gasteiger charge is -2.26. The van der Waals surface area contributed by atoms with Gasteiger partial charge in [0.15, 0.2) is 2.74 Å². The molecule has 4 atom stereocenters. The Kier molecular flexibility index (Phi) is 33.2. The fraction of sp³-hybridized carbons (Fsp3) is 0.547. The van der Waals surface area contributed by atoms with Gasteiger partial charge < -0.3 is 92.1 Å². The summed E-state index contributed by atoms with van der Waals surface area (Å²) < 4.78 is 77.2. The number of rotatable bonds is 39. The van der Waals surface area contributed by atoms with Gasteiger partial charge in [-0.3, -0.25) is 28.8 Å². The molecule has 0 saturated carbocycles. The summed E-state index contributed by atoms with van der Waals surface area (Å²) in [6, 6.07) is 5.36. The second kappa shape index (κ2) is 41.0. The van der Waals surface area contributed by atoms with E-state index in [2.05, 4.69) is 56.7 Å². The first-order valence-electron chi connectivity index (χ1n) is 28.5. The number of ether oxygens (including phenoxy) is 7. The summed E-state index contributed by atoms with van der Waals surface area (Å²) in [6.45, 7) is 5.85. The number of carbonyl (C=O) groups is 12. The standard InChI is InChI=1S/C53H81N13O21S/c1-33(2)42(46(71)61-40(9-7-19-56-48(54)73)44(69)59-38-15-11-36(12-16-38)29-82-31-67)63-50(75)84-25-22-66(53(78)86-28-27-81-24-21-58-88(79,80)65-52(77)87-35(5)6)23-26-85-51(76)64-43(34(3)4)47(72)62-41(10-8-20-57-49(55)74)45(70)60-39-17-13-37(14-18-39)30-83-32-68/h11-18,31-35,40-43,58H,7-10,19-30H2,1-6H3,(H,59,69)(H,60,70)(H,61,71)(H,62,72)(H,63,75)(H,64,76)(H,65,77)(H3,54,56,73)(H3,55,57,74)/t40-,41-,42-,43-/m0/s1/i31D,32D. The zero-order chi connectivity index (χ0) is 67.3. The highest BCUT2D eigenvalue weighted by Gasteiger charge is 2.32. The quantitative estimate of drug-likeness (QED) is 0.0245. The molecule has 0 aliphatic rings. The molecule has 88 heavy (non-hydrogen) atoms. The van der Waals surface area contributed by atoms with Crippen LogP contribution in [0.25, 0.3) is 0 Å². The number of carbonyl (C=O) groups excluding carboxylic acids is 12. The van der Waals surface area contributed by atoms with E-state index in [0.717, 1.165) is 4.90 Å². The molecule has 0 saturated heterocycles. The maximum Gasteiger partial charge on any atom is 0.422 e. The smallest absolute Gasteiger partial charge is 0.422 e. The first-order valence-corrected chi connectivity index (χ1v) is 29.0. The van der Waals surface area contributed by atoms with Gasteiger partial charge in [-0.1, -0.05) is 52.0 Å². The molecule has 0 unspecified atom stereocenters. The highest BCUT2D eigenvalue weighted by molar-refractivity contribution is 7.88. The van der Waals surface area contributed by atoms with Gasteiger partial charge >= 0.3 is 46.6 Å². The molecule has 2 aromatic carbocycles. The minimum Gasteiger partial charge on any atom is -0.463 e. The largest absolute Gasteiger partial charge is 0.463 e. The van der Waals surface area contributed by atoms with E-state index in [1.54, 1.807) is 32.4 Å². The van der Waals surface area contributed by atoms with Crippen molar-refractivity contribution in [3.63, 3.8) is 0 Å². The maximum absolute atomic E-state index is 13.8. The molecule has 0 heterocycles. The SMILES string of the molecule is [2H]C(=O)OCc1ccc(NC(=O)[C@H](CCCNC(N)=O)NC(=O)[C@@H](NC(=O)OCCN(CCOC(=O)N[C@H](C(=O)N[C@@H](CCCNC(N)=O)C(=O)Nc2ccc(COC([2H])=O)cc2)C(C)C)C(=O)OCCOCCNS(=O)(=O)NC(=O)OC(C)C)C(C)C)cc1. The van der Waals surface area contributed by atoms with Crippen LogP contribution < -0.4 is 63.4 Å². The van der Waals surface area contributed by atoms with Crippen LogP contribution in [0.15, 0.2) is 48.5 Å². The van der Waals surface area contributed by atoms with E-state index < -0.39 is 158 Å². The molecular weight excluding hydrogens is 1190 g/mol. The lowest BCUT2D eigenvalue weighted by molar-refractivity contribution is -0.130. The van der Waals surface area contributed by atoms with Crippen molar-refractivity contribution < 1.29 is 102 Å². The number of benzene rings is 2. The number of nitrogens with zero attached hydrogens (tertiary/aromatic N) is 1. The molecule has 14 N–H and O–H groups in total. The molecule has 0 aliphatic carbocycles. The Morgan fingerprint density at radius 1 is 0.557 bits per heavy atom. The van der Waals surface area contributed by atoms with Gasteiger partial charge in [0.2, 0.25) is 23.6 Å². The Balaban J connectivity index is 2.21. The van der Waals surface area contributed by atoms with Gasteiger partial charge in [-0.05, 0) is 86.8 Å². The minimum absolute atomic E-state index is 0.0171. The highest BCUT2D eigenvalue weighted by Crippen LogP contribution is 2.15. The number of urea groups is 2. The first-order chi connectivity index (χ1) is 42.4. The van der Waals surface area contributed by atoms with Gasteiger partial charge in [0.05, 0.1) is 32.4 Å². The van der Waals surface area contributed by atoms with E-state index in [0.29, 0.717) is 11.1 Å². The Labute approximate surface area is 511 Å². The lowest BCUT2D eigenvalue weighted by Crippen LogP contribution is -2.55. The number of hydrogen-bond acceptors (Lipinski definition) is 21. The van der Waals surface area contributed by atoms with Crippen molar-refractivity contribution in [2.24, 2.45) is 23.3 Å². The van der Waals surface area contributed by atoms with Gasteiger partial charge in [0, 0.05) is 31.0 Å². The van der Waals surface area contributed by atoms with Crippen LogP contribution in [-0.4, -0.2) is 182 Å². The molecular formula is C53H81N13O21S. The van der Waals surface area contributed by atoms with Crippen LogP contribution in [0.5, 0.6) is 0 Å². The van der Waals surface area contributed by atoms with Crippen LogP contribution in [-0.2, 0) is 85.3 Å². The average molecular weight is 1270 g/mol. The molecule has 0 aromatic heterocycles. The second-order valence-electron chi connectivity index (χ2n) is 19.8. The molecule has 0 aliphatic heterocycles. The summed E-state index contributed by atoms with van der Waals surface area (Å²) in [6.07, 6.45) is -7.31. The summed E-state index contributed by atoms with van der Waals surface area (Å²) in [7, 11) is -4.31. The second-order valence-corrected chi connectivity index (χ2v) is 21.3.